The first-order chi connectivity index (χ1) is 11.9. The van der Waals surface area contributed by atoms with Crippen LogP contribution in [0.4, 0.5) is 15.8 Å². The maximum atomic E-state index is 14.2. The lowest BCUT2D eigenvalue weighted by molar-refractivity contribution is 0.102. The molecule has 11 nitrogen and oxygen atoms in total. The molecule has 0 fully saturated rings. The highest BCUT2D eigenvalue weighted by molar-refractivity contribution is 7.80. The van der Waals surface area contributed by atoms with Crippen LogP contribution in [0.3, 0.4) is 0 Å². The zero-order valence-corrected chi connectivity index (χ0v) is 13.3. The molecule has 2 heterocycles. The van der Waals surface area contributed by atoms with Gasteiger partial charge >= 0.3 is 5.69 Å². The molecule has 3 rings (SSSR count). The fourth-order valence-electron chi connectivity index (χ4n) is 2.02. The number of carbonyl (C=O) groups is 1. The first-order valence-electron chi connectivity index (χ1n) is 6.63. The zero-order chi connectivity index (χ0) is 18.1. The molecule has 0 spiro atoms. The standard InChI is InChI=1S/C12H10FN7O4S/c1-19-12(22)20-5-14-9(10(20)16-18-19)11(21)15-6-3-2-4-7(8(6)13)17-25(23)24/h2-5,17H,1H3,(H,15,21)(H,23,24). The van der Waals surface area contributed by atoms with Crippen molar-refractivity contribution in [2.75, 3.05) is 10.0 Å². The van der Waals surface area contributed by atoms with Crippen LogP contribution in [0.2, 0.25) is 0 Å². The maximum absolute atomic E-state index is 14.2. The predicted molar refractivity (Wildman–Crippen MR) is 84.8 cm³/mol. The number of benzene rings is 1. The molecule has 0 aliphatic carbocycles. The lowest BCUT2D eigenvalue weighted by Gasteiger charge is -2.09. The lowest BCUT2D eigenvalue weighted by atomic mass is 10.2. The molecule has 0 aliphatic rings. The number of fused-ring (bicyclic) bond motifs is 1. The van der Waals surface area contributed by atoms with Crippen molar-refractivity contribution in [1.82, 2.24) is 24.4 Å². The molecule has 13 heteroatoms. The van der Waals surface area contributed by atoms with Crippen LogP contribution in [0.1, 0.15) is 10.5 Å². The molecule has 3 N–H and O–H groups in total. The molecule has 2 aromatic heterocycles. The molecule has 0 radical (unpaired) electrons. The second-order valence-corrected chi connectivity index (χ2v) is 5.46. The van der Waals surface area contributed by atoms with Gasteiger partial charge < -0.3 is 5.32 Å². The molecule has 1 amide bonds. The minimum absolute atomic E-state index is 0.0910. The molecular formula is C12H10FN7O4S. The summed E-state index contributed by atoms with van der Waals surface area (Å²) in [6.07, 6.45) is 1.10. The highest BCUT2D eigenvalue weighted by Gasteiger charge is 2.19. The van der Waals surface area contributed by atoms with Crippen molar-refractivity contribution in [3.8, 4) is 0 Å². The van der Waals surface area contributed by atoms with E-state index in [0.717, 1.165) is 15.4 Å². The molecule has 130 valence electrons. The summed E-state index contributed by atoms with van der Waals surface area (Å²) in [5.41, 5.74) is -1.40. The Balaban J connectivity index is 1.95. The third-order valence-corrected chi connectivity index (χ3v) is 3.55. The third kappa shape index (κ3) is 3.09. The van der Waals surface area contributed by atoms with E-state index in [1.165, 1.54) is 25.2 Å². The van der Waals surface area contributed by atoms with E-state index in [-0.39, 0.29) is 22.7 Å². The molecule has 0 bridgehead atoms. The maximum Gasteiger partial charge on any atom is 0.352 e. The Hall–Kier alpha value is -3.19. The first kappa shape index (κ1) is 16.7. The van der Waals surface area contributed by atoms with Gasteiger partial charge in [-0.05, 0) is 12.1 Å². The van der Waals surface area contributed by atoms with Crippen molar-refractivity contribution >= 4 is 34.2 Å². The van der Waals surface area contributed by atoms with Crippen LogP contribution in [0.5, 0.6) is 0 Å². The molecule has 1 atom stereocenters. The van der Waals surface area contributed by atoms with Gasteiger partial charge in [-0.25, -0.2) is 22.8 Å². The van der Waals surface area contributed by atoms with Gasteiger partial charge in [-0.2, -0.15) is 4.68 Å². The molecular weight excluding hydrogens is 357 g/mol. The fourth-order valence-corrected chi connectivity index (χ4v) is 2.37. The van der Waals surface area contributed by atoms with Crippen molar-refractivity contribution in [2.24, 2.45) is 7.05 Å². The van der Waals surface area contributed by atoms with Gasteiger partial charge in [-0.15, -0.1) is 5.10 Å². The van der Waals surface area contributed by atoms with Gasteiger partial charge in [0.1, 0.15) is 6.33 Å². The first-order valence-corrected chi connectivity index (χ1v) is 7.73. The monoisotopic (exact) mass is 367 g/mol. The number of hydrogen-bond donors (Lipinski definition) is 3. The summed E-state index contributed by atoms with van der Waals surface area (Å²) in [5.74, 6) is -1.77. The number of amides is 1. The summed E-state index contributed by atoms with van der Waals surface area (Å²) < 4.78 is 37.7. The SMILES string of the molecule is Cn1nnc2c(C(=O)Nc3cccc(NS(=O)O)c3F)ncn2c1=O. The Kier molecular flexibility index (Phi) is 4.24. The fraction of sp³-hybridized carbons (Fsp3) is 0.0833. The number of hydrogen-bond acceptors (Lipinski definition) is 6. The topological polar surface area (TPSA) is 144 Å². The van der Waals surface area contributed by atoms with E-state index in [2.05, 4.69) is 20.6 Å². The number of carbonyl (C=O) groups excluding carboxylic acids is 1. The highest BCUT2D eigenvalue weighted by Crippen LogP contribution is 2.23. The van der Waals surface area contributed by atoms with Gasteiger partial charge in [0, 0.05) is 7.05 Å². The molecule has 25 heavy (non-hydrogen) atoms. The van der Waals surface area contributed by atoms with Gasteiger partial charge in [-0.1, -0.05) is 11.3 Å². The number of imidazole rings is 1. The van der Waals surface area contributed by atoms with Crippen LogP contribution in [-0.4, -0.2) is 39.0 Å². The number of nitrogens with one attached hydrogen (secondary N) is 2. The number of nitrogens with zero attached hydrogens (tertiary/aromatic N) is 5. The average Bonchev–Trinajstić information content (AvgIpc) is 2.99. The average molecular weight is 367 g/mol. The Morgan fingerprint density at radius 2 is 2.08 bits per heavy atom. The zero-order valence-electron chi connectivity index (χ0n) is 12.5. The van der Waals surface area contributed by atoms with Gasteiger partial charge in [0.15, 0.2) is 17.2 Å². The number of aryl methyl sites for hydroxylation is 1. The Labute approximate surface area is 140 Å². The van der Waals surface area contributed by atoms with E-state index < -0.39 is 28.7 Å². The van der Waals surface area contributed by atoms with E-state index in [1.54, 1.807) is 0 Å². The molecule has 1 unspecified atom stereocenters. The van der Waals surface area contributed by atoms with Gasteiger partial charge in [0.2, 0.25) is 0 Å². The smallest absolute Gasteiger partial charge is 0.318 e. The van der Waals surface area contributed by atoms with Crippen molar-refractivity contribution < 1.29 is 17.9 Å². The van der Waals surface area contributed by atoms with E-state index in [4.69, 9.17) is 4.55 Å². The summed E-state index contributed by atoms with van der Waals surface area (Å²) >= 11 is -2.47. The minimum atomic E-state index is -2.47. The van der Waals surface area contributed by atoms with Gasteiger partial charge in [0.25, 0.3) is 17.2 Å². The van der Waals surface area contributed by atoms with E-state index in [9.17, 15) is 18.2 Å². The van der Waals surface area contributed by atoms with E-state index in [0.29, 0.717) is 0 Å². The van der Waals surface area contributed by atoms with Crippen LogP contribution < -0.4 is 15.7 Å². The number of halogens is 1. The molecule has 0 saturated heterocycles. The summed E-state index contributed by atoms with van der Waals surface area (Å²) in [6, 6.07) is 3.84. The van der Waals surface area contributed by atoms with Crippen LogP contribution in [0.15, 0.2) is 29.3 Å². The Morgan fingerprint density at radius 3 is 2.80 bits per heavy atom. The molecule has 0 aliphatic heterocycles. The number of rotatable bonds is 4. The van der Waals surface area contributed by atoms with E-state index >= 15 is 0 Å². The predicted octanol–water partition coefficient (Wildman–Crippen LogP) is -0.237. The lowest BCUT2D eigenvalue weighted by Crippen LogP contribution is -2.27. The van der Waals surface area contributed by atoms with Crippen LogP contribution in [0, 0.1) is 5.82 Å². The Morgan fingerprint density at radius 1 is 1.36 bits per heavy atom. The van der Waals surface area contributed by atoms with Gasteiger partial charge in [-0.3, -0.25) is 14.1 Å². The molecule has 3 aromatic rings. The van der Waals surface area contributed by atoms with Crippen molar-refractivity contribution in [3.63, 3.8) is 0 Å². The normalized spacial score (nSPS) is 12.1. The second kappa shape index (κ2) is 6.37. The van der Waals surface area contributed by atoms with Gasteiger partial charge in [0.05, 0.1) is 11.4 Å². The molecule has 1 aromatic carbocycles. The van der Waals surface area contributed by atoms with E-state index in [1.807, 2.05) is 4.72 Å². The van der Waals surface area contributed by atoms with Crippen molar-refractivity contribution in [3.05, 3.63) is 46.5 Å². The summed E-state index contributed by atoms with van der Waals surface area (Å²) in [4.78, 5) is 28.0. The van der Waals surface area contributed by atoms with Crippen LogP contribution >= 0.6 is 0 Å². The van der Waals surface area contributed by atoms with Crippen LogP contribution in [0.25, 0.3) is 5.65 Å². The molecule has 0 saturated carbocycles. The quantitative estimate of drug-likeness (QED) is 0.540. The van der Waals surface area contributed by atoms with Crippen LogP contribution in [-0.2, 0) is 18.3 Å². The number of anilines is 2. The minimum Gasteiger partial charge on any atom is -0.318 e. The Bertz CT molecular complexity index is 1060. The largest absolute Gasteiger partial charge is 0.352 e. The highest BCUT2D eigenvalue weighted by atomic mass is 32.2. The summed E-state index contributed by atoms with van der Waals surface area (Å²) in [6.45, 7) is 0. The van der Waals surface area contributed by atoms with Crippen molar-refractivity contribution in [1.29, 1.82) is 0 Å². The van der Waals surface area contributed by atoms with Crippen molar-refractivity contribution in [2.45, 2.75) is 0 Å². The summed E-state index contributed by atoms with van der Waals surface area (Å²) in [7, 11) is 1.38. The second-order valence-electron chi connectivity index (χ2n) is 4.75. The third-order valence-electron chi connectivity index (χ3n) is 3.16. The summed E-state index contributed by atoms with van der Waals surface area (Å²) in [5, 5.41) is 9.54. The number of aromatic nitrogens is 5.